The highest BCUT2D eigenvalue weighted by atomic mass is 16.7. The highest BCUT2D eigenvalue weighted by Gasteiger charge is 2.43. The lowest BCUT2D eigenvalue weighted by Crippen LogP contribution is -2.52. The summed E-state index contributed by atoms with van der Waals surface area (Å²) >= 11 is 0. The summed E-state index contributed by atoms with van der Waals surface area (Å²) in [6.07, 6.45) is -0.131. The zero-order chi connectivity index (χ0) is 22.2. The molecule has 0 saturated carbocycles. The second kappa shape index (κ2) is 8.60. The van der Waals surface area contributed by atoms with Crippen molar-refractivity contribution in [2.75, 3.05) is 54.4 Å². The first-order valence-corrected chi connectivity index (χ1v) is 10.9. The van der Waals surface area contributed by atoms with Gasteiger partial charge in [-0.25, -0.2) is 0 Å². The van der Waals surface area contributed by atoms with E-state index in [9.17, 15) is 0 Å². The van der Waals surface area contributed by atoms with Gasteiger partial charge < -0.3 is 33.2 Å². The fourth-order valence-corrected chi connectivity index (χ4v) is 4.97. The molecular weight excluding hydrogens is 414 g/mol. The third-order valence-electron chi connectivity index (χ3n) is 6.53. The summed E-state index contributed by atoms with van der Waals surface area (Å²) in [7, 11) is 4.97. The van der Waals surface area contributed by atoms with E-state index in [1.54, 1.807) is 21.3 Å². The van der Waals surface area contributed by atoms with Crippen molar-refractivity contribution >= 4 is 0 Å². The molecule has 8 heteroatoms. The summed E-state index contributed by atoms with van der Waals surface area (Å²) < 4.78 is 40.6. The fourth-order valence-electron chi connectivity index (χ4n) is 4.97. The van der Waals surface area contributed by atoms with Crippen LogP contribution < -0.4 is 28.4 Å². The van der Waals surface area contributed by atoms with Crippen molar-refractivity contribution in [2.24, 2.45) is 5.92 Å². The third kappa shape index (κ3) is 3.47. The van der Waals surface area contributed by atoms with E-state index in [1.807, 2.05) is 24.3 Å². The Balaban J connectivity index is 1.68. The molecule has 3 heterocycles. The van der Waals surface area contributed by atoms with Crippen LogP contribution in [-0.4, -0.2) is 65.6 Å². The predicted molar refractivity (Wildman–Crippen MR) is 116 cm³/mol. The number of rotatable bonds is 5. The van der Waals surface area contributed by atoms with E-state index in [1.165, 1.54) is 0 Å². The zero-order valence-electron chi connectivity index (χ0n) is 18.9. The molecule has 0 spiro atoms. The summed E-state index contributed by atoms with van der Waals surface area (Å²) in [5.41, 5.74) is 1.98. The third-order valence-corrected chi connectivity index (χ3v) is 6.53. The van der Waals surface area contributed by atoms with E-state index in [4.69, 9.17) is 33.2 Å². The molecule has 0 aromatic heterocycles. The summed E-state index contributed by atoms with van der Waals surface area (Å²) in [6.45, 7) is 5.44. The summed E-state index contributed by atoms with van der Waals surface area (Å²) in [5, 5.41) is 0. The first kappa shape index (κ1) is 21.0. The van der Waals surface area contributed by atoms with Crippen LogP contribution in [0.2, 0.25) is 0 Å². The Hall–Kier alpha value is -2.84. The van der Waals surface area contributed by atoms with Gasteiger partial charge in [0.05, 0.1) is 34.5 Å². The van der Waals surface area contributed by atoms with E-state index in [0.717, 1.165) is 35.7 Å². The van der Waals surface area contributed by atoms with Crippen molar-refractivity contribution in [3.05, 3.63) is 35.4 Å². The van der Waals surface area contributed by atoms with Crippen molar-refractivity contribution in [2.45, 2.75) is 19.1 Å². The maximum absolute atomic E-state index is 6.58. The number of fused-ring (bicyclic) bond motifs is 2. The Morgan fingerprint density at radius 1 is 0.844 bits per heavy atom. The van der Waals surface area contributed by atoms with E-state index < -0.39 is 0 Å². The number of hydrogen-bond acceptors (Lipinski definition) is 8. The molecule has 0 amide bonds. The maximum atomic E-state index is 6.58. The van der Waals surface area contributed by atoms with E-state index >= 15 is 0 Å². The van der Waals surface area contributed by atoms with Gasteiger partial charge in [-0.3, -0.25) is 4.90 Å². The SMILES string of the molecule is COc1cc(OC)c([C@H]2c3cc4c(cc3O[C@H](N3CCOCC3)[C@@H]2C)OCO4)c(OC)c1. The Labute approximate surface area is 187 Å². The van der Waals surface area contributed by atoms with Gasteiger partial charge in [0.1, 0.15) is 23.0 Å². The quantitative estimate of drug-likeness (QED) is 0.698. The Morgan fingerprint density at radius 2 is 1.50 bits per heavy atom. The number of nitrogens with zero attached hydrogens (tertiary/aromatic N) is 1. The smallest absolute Gasteiger partial charge is 0.231 e. The molecule has 0 N–H and O–H groups in total. The fraction of sp³-hybridized carbons (Fsp3) is 0.500. The molecule has 32 heavy (non-hydrogen) atoms. The molecule has 3 aliphatic rings. The highest BCUT2D eigenvalue weighted by molar-refractivity contribution is 5.61. The van der Waals surface area contributed by atoms with Crippen molar-refractivity contribution in [1.29, 1.82) is 0 Å². The van der Waals surface area contributed by atoms with Crippen LogP contribution in [0.1, 0.15) is 24.0 Å². The summed E-state index contributed by atoms with van der Waals surface area (Å²) in [6, 6.07) is 7.76. The second-order valence-electron chi connectivity index (χ2n) is 8.18. The van der Waals surface area contributed by atoms with Crippen LogP contribution in [0.15, 0.2) is 24.3 Å². The van der Waals surface area contributed by atoms with Crippen molar-refractivity contribution in [3.8, 4) is 34.5 Å². The lowest BCUT2D eigenvalue weighted by Gasteiger charge is -2.44. The average Bonchev–Trinajstić information content (AvgIpc) is 3.29. The molecule has 2 aromatic carbocycles. The number of morpholine rings is 1. The molecule has 8 nitrogen and oxygen atoms in total. The average molecular weight is 443 g/mol. The van der Waals surface area contributed by atoms with Gasteiger partial charge in [0.2, 0.25) is 6.79 Å². The molecule has 2 aromatic rings. The normalized spacial score (nSPS) is 24.4. The van der Waals surface area contributed by atoms with Gasteiger partial charge in [-0.05, 0) is 6.07 Å². The van der Waals surface area contributed by atoms with Gasteiger partial charge in [-0.1, -0.05) is 6.92 Å². The predicted octanol–water partition coefficient (Wildman–Crippen LogP) is 3.26. The Morgan fingerprint density at radius 3 is 2.12 bits per heavy atom. The highest BCUT2D eigenvalue weighted by Crippen LogP contribution is 2.53. The van der Waals surface area contributed by atoms with Gasteiger partial charge in [-0.2, -0.15) is 0 Å². The molecule has 172 valence electrons. The van der Waals surface area contributed by atoms with E-state index in [-0.39, 0.29) is 24.9 Å². The minimum atomic E-state index is -0.131. The minimum Gasteiger partial charge on any atom is -0.496 e. The van der Waals surface area contributed by atoms with Gasteiger partial charge in [0.15, 0.2) is 17.7 Å². The molecule has 0 bridgehead atoms. The van der Waals surface area contributed by atoms with Crippen LogP contribution in [0.3, 0.4) is 0 Å². The Bertz CT molecular complexity index is 964. The van der Waals surface area contributed by atoms with Gasteiger partial charge >= 0.3 is 0 Å². The summed E-state index contributed by atoms with van der Waals surface area (Å²) in [5.74, 6) is 4.35. The van der Waals surface area contributed by atoms with Crippen LogP contribution in [0.4, 0.5) is 0 Å². The number of benzene rings is 2. The van der Waals surface area contributed by atoms with Crippen LogP contribution in [0.25, 0.3) is 0 Å². The Kier molecular flexibility index (Phi) is 5.65. The molecule has 3 atom stereocenters. The van der Waals surface area contributed by atoms with Gasteiger partial charge in [0, 0.05) is 54.3 Å². The molecule has 0 radical (unpaired) electrons. The van der Waals surface area contributed by atoms with Crippen molar-refractivity contribution in [1.82, 2.24) is 4.90 Å². The summed E-state index contributed by atoms with van der Waals surface area (Å²) in [4.78, 5) is 2.34. The first-order chi connectivity index (χ1) is 15.6. The number of methoxy groups -OCH3 is 3. The lowest BCUT2D eigenvalue weighted by atomic mass is 9.77. The van der Waals surface area contributed by atoms with Gasteiger partial charge in [0.25, 0.3) is 0 Å². The maximum Gasteiger partial charge on any atom is 0.231 e. The molecule has 0 unspecified atom stereocenters. The van der Waals surface area contributed by atoms with E-state index in [2.05, 4.69) is 11.8 Å². The number of ether oxygens (including phenoxy) is 7. The van der Waals surface area contributed by atoms with Crippen LogP contribution >= 0.6 is 0 Å². The molecule has 3 aliphatic heterocycles. The lowest BCUT2D eigenvalue weighted by molar-refractivity contribution is -0.0786. The molecular formula is C24H29NO7. The van der Waals surface area contributed by atoms with Gasteiger partial charge in [-0.15, -0.1) is 0 Å². The number of hydrogen-bond donors (Lipinski definition) is 0. The molecule has 0 aliphatic carbocycles. The molecule has 1 fully saturated rings. The standard InChI is InChI=1S/C24H29NO7/c1-14-22(23-20(27-3)9-15(26-2)10-21(23)28-4)16-11-18-19(31-13-30-18)12-17(16)32-24(14)25-5-7-29-8-6-25/h9-12,14,22,24H,5-8,13H2,1-4H3/t14-,22-,24+/m1/s1. The molecule has 1 saturated heterocycles. The second-order valence-corrected chi connectivity index (χ2v) is 8.18. The topological polar surface area (TPSA) is 67.9 Å². The van der Waals surface area contributed by atoms with E-state index in [0.29, 0.717) is 36.2 Å². The largest absolute Gasteiger partial charge is 0.496 e. The molecule has 5 rings (SSSR count). The van der Waals surface area contributed by atoms with Crippen LogP contribution in [0, 0.1) is 5.92 Å². The van der Waals surface area contributed by atoms with Crippen molar-refractivity contribution < 1.29 is 33.2 Å². The monoisotopic (exact) mass is 443 g/mol. The minimum absolute atomic E-state index is 0.0584. The first-order valence-electron chi connectivity index (χ1n) is 10.9. The van der Waals surface area contributed by atoms with Crippen molar-refractivity contribution in [3.63, 3.8) is 0 Å². The zero-order valence-corrected chi connectivity index (χ0v) is 18.9. The van der Waals surface area contributed by atoms with Crippen LogP contribution in [-0.2, 0) is 4.74 Å². The van der Waals surface area contributed by atoms with Crippen LogP contribution in [0.5, 0.6) is 34.5 Å².